The van der Waals surface area contributed by atoms with Crippen LogP contribution in [0.2, 0.25) is 0 Å². The number of aliphatic hydroxyl groups is 1. The van der Waals surface area contributed by atoms with Gasteiger partial charge in [-0.2, -0.15) is 0 Å². The second kappa shape index (κ2) is 11.9. The zero-order valence-electron chi connectivity index (χ0n) is 22.9. The summed E-state index contributed by atoms with van der Waals surface area (Å²) in [6, 6.07) is 32.3. The largest absolute Gasteiger partial charge is 0.481 e. The summed E-state index contributed by atoms with van der Waals surface area (Å²) in [7, 11) is 5.81. The number of hydrogen-bond donors (Lipinski definition) is 1. The summed E-state index contributed by atoms with van der Waals surface area (Å²) < 4.78 is 11.6. The van der Waals surface area contributed by atoms with Gasteiger partial charge in [-0.25, -0.2) is 4.98 Å². The Morgan fingerprint density at radius 1 is 0.897 bits per heavy atom. The molecule has 5 nitrogen and oxygen atoms in total. The van der Waals surface area contributed by atoms with Crippen LogP contribution < -0.4 is 4.74 Å². The van der Waals surface area contributed by atoms with Gasteiger partial charge in [0.2, 0.25) is 5.88 Å². The van der Waals surface area contributed by atoms with Crippen LogP contribution in [0.5, 0.6) is 5.88 Å². The lowest BCUT2D eigenvalue weighted by molar-refractivity contribution is 0.00678. The van der Waals surface area contributed by atoms with E-state index in [0.717, 1.165) is 58.3 Å². The molecule has 200 valence electrons. The molecule has 0 aliphatic rings. The van der Waals surface area contributed by atoms with Gasteiger partial charge in [-0.3, -0.25) is 0 Å². The number of fused-ring (bicyclic) bond motifs is 1. The first kappa shape index (κ1) is 26.7. The van der Waals surface area contributed by atoms with Gasteiger partial charge in [0.1, 0.15) is 11.4 Å². The van der Waals surface area contributed by atoms with Crippen LogP contribution in [0.4, 0.5) is 0 Å². The van der Waals surface area contributed by atoms with Gasteiger partial charge in [-0.15, -0.1) is 0 Å². The summed E-state index contributed by atoms with van der Waals surface area (Å²) >= 11 is 0. The van der Waals surface area contributed by atoms with Crippen LogP contribution in [-0.4, -0.2) is 42.7 Å². The van der Waals surface area contributed by atoms with E-state index < -0.39 is 11.5 Å². The van der Waals surface area contributed by atoms with Crippen molar-refractivity contribution >= 4 is 10.9 Å². The van der Waals surface area contributed by atoms with E-state index >= 15 is 0 Å². The second-order valence-electron chi connectivity index (χ2n) is 10.4. The number of rotatable bonds is 11. The molecule has 39 heavy (non-hydrogen) atoms. The third-order valence-electron chi connectivity index (χ3n) is 7.41. The van der Waals surface area contributed by atoms with Crippen LogP contribution in [0.1, 0.15) is 41.9 Å². The maximum atomic E-state index is 12.8. The summed E-state index contributed by atoms with van der Waals surface area (Å²) in [6.45, 7) is 0.970. The van der Waals surface area contributed by atoms with Gasteiger partial charge < -0.3 is 19.2 Å². The van der Waals surface area contributed by atoms with E-state index in [9.17, 15) is 5.11 Å². The fourth-order valence-corrected chi connectivity index (χ4v) is 5.50. The van der Waals surface area contributed by atoms with Gasteiger partial charge >= 0.3 is 0 Å². The molecule has 0 spiro atoms. The number of nitrogens with zero attached hydrogens (tertiary/aromatic N) is 2. The predicted octanol–water partition coefficient (Wildman–Crippen LogP) is 7.26. The van der Waals surface area contributed by atoms with Crippen LogP contribution in [-0.2, 0) is 5.60 Å². The molecule has 0 radical (unpaired) electrons. The van der Waals surface area contributed by atoms with Crippen molar-refractivity contribution in [2.75, 3.05) is 27.7 Å². The van der Waals surface area contributed by atoms with E-state index in [1.807, 2.05) is 72.8 Å². The number of ether oxygens (including phenoxy) is 1. The van der Waals surface area contributed by atoms with Crippen molar-refractivity contribution in [3.05, 3.63) is 120 Å². The molecule has 5 rings (SSSR count). The number of furan rings is 1. The molecule has 2 atom stereocenters. The molecule has 1 N–H and O–H groups in total. The highest BCUT2D eigenvalue weighted by Crippen LogP contribution is 2.48. The summed E-state index contributed by atoms with van der Waals surface area (Å²) in [5.74, 6) is 0.917. The van der Waals surface area contributed by atoms with Crippen LogP contribution >= 0.6 is 0 Å². The minimum atomic E-state index is -1.18. The number of benzene rings is 3. The Morgan fingerprint density at radius 2 is 1.64 bits per heavy atom. The van der Waals surface area contributed by atoms with E-state index in [1.165, 1.54) is 0 Å². The van der Waals surface area contributed by atoms with E-state index in [0.29, 0.717) is 12.3 Å². The van der Waals surface area contributed by atoms with Crippen LogP contribution in [0, 0.1) is 0 Å². The predicted molar refractivity (Wildman–Crippen MR) is 157 cm³/mol. The molecule has 2 aromatic heterocycles. The Morgan fingerprint density at radius 3 is 2.31 bits per heavy atom. The molecular formula is C34H36N2O3. The average Bonchev–Trinajstić information content (AvgIpc) is 3.51. The quantitative estimate of drug-likeness (QED) is 0.186. The van der Waals surface area contributed by atoms with Gasteiger partial charge in [-0.1, -0.05) is 60.7 Å². The zero-order valence-corrected chi connectivity index (χ0v) is 22.9. The lowest BCUT2D eigenvalue weighted by atomic mass is 9.71. The Bertz CT molecular complexity index is 1480. The monoisotopic (exact) mass is 520 g/mol. The molecule has 0 saturated carbocycles. The highest BCUT2D eigenvalue weighted by molar-refractivity contribution is 5.85. The van der Waals surface area contributed by atoms with Crippen molar-refractivity contribution in [3.8, 4) is 17.2 Å². The Balaban J connectivity index is 1.69. The smallest absolute Gasteiger partial charge is 0.217 e. The molecule has 0 bridgehead atoms. The average molecular weight is 521 g/mol. The van der Waals surface area contributed by atoms with E-state index in [1.54, 1.807) is 13.4 Å². The minimum absolute atomic E-state index is 0.403. The Kier molecular flexibility index (Phi) is 8.10. The summed E-state index contributed by atoms with van der Waals surface area (Å²) in [4.78, 5) is 7.10. The fourth-order valence-electron chi connectivity index (χ4n) is 5.50. The molecule has 2 heterocycles. The maximum absolute atomic E-state index is 12.8. The topological polar surface area (TPSA) is 58.7 Å². The van der Waals surface area contributed by atoms with Crippen molar-refractivity contribution in [1.29, 1.82) is 0 Å². The summed E-state index contributed by atoms with van der Waals surface area (Å²) in [5.41, 5.74) is 3.37. The third kappa shape index (κ3) is 5.75. The number of methoxy groups -OCH3 is 1. The normalized spacial score (nSPS) is 13.9. The molecule has 2 unspecified atom stereocenters. The van der Waals surface area contributed by atoms with Gasteiger partial charge in [-0.05, 0) is 87.4 Å². The van der Waals surface area contributed by atoms with Gasteiger partial charge in [0, 0.05) is 22.4 Å². The SMILES string of the molecule is COc1nc2ccc(-c3ccco3)cc2cc1C(c1ccccc1)C(O)(CCCCN(C)C)c1ccccc1. The highest BCUT2D eigenvalue weighted by atomic mass is 16.5. The molecule has 0 fully saturated rings. The standard InChI is InChI=1S/C34H36N2O3/c1-36(2)21-11-10-20-34(37,28-15-8-5-9-16-28)32(25-13-6-4-7-14-25)29-24-27-23-26(31-17-12-22-39-31)18-19-30(27)35-33(29)38-3/h4-9,12-19,22-24,32,37H,10-11,20-21H2,1-3H3. The van der Waals surface area contributed by atoms with Crippen LogP contribution in [0.15, 0.2) is 108 Å². The van der Waals surface area contributed by atoms with Crippen molar-refractivity contribution in [1.82, 2.24) is 9.88 Å². The number of unbranched alkanes of at least 4 members (excludes halogenated alkanes) is 1. The molecule has 0 aliphatic carbocycles. The molecule has 0 aliphatic heterocycles. The van der Waals surface area contributed by atoms with Crippen molar-refractivity contribution < 1.29 is 14.3 Å². The van der Waals surface area contributed by atoms with Crippen molar-refractivity contribution in [2.45, 2.75) is 30.8 Å². The Labute approximate surface area is 230 Å². The first-order chi connectivity index (χ1) is 19.0. The first-order valence-corrected chi connectivity index (χ1v) is 13.5. The molecule has 3 aromatic carbocycles. The number of aromatic nitrogens is 1. The highest BCUT2D eigenvalue weighted by Gasteiger charge is 2.42. The maximum Gasteiger partial charge on any atom is 0.217 e. The molecule has 0 amide bonds. The van der Waals surface area contributed by atoms with Crippen molar-refractivity contribution in [3.63, 3.8) is 0 Å². The van der Waals surface area contributed by atoms with Gasteiger partial charge in [0.15, 0.2) is 0 Å². The third-order valence-corrected chi connectivity index (χ3v) is 7.41. The zero-order chi connectivity index (χ0) is 27.2. The van der Waals surface area contributed by atoms with Crippen LogP contribution in [0.25, 0.3) is 22.2 Å². The number of pyridine rings is 1. The Hall–Kier alpha value is -3.93. The lowest BCUT2D eigenvalue weighted by Gasteiger charge is -2.38. The summed E-state index contributed by atoms with van der Waals surface area (Å²) in [5, 5.41) is 13.8. The van der Waals surface area contributed by atoms with E-state index in [2.05, 4.69) is 43.3 Å². The van der Waals surface area contributed by atoms with Gasteiger partial charge in [0.05, 0.1) is 18.9 Å². The fraction of sp³-hybridized carbons (Fsp3) is 0.265. The second-order valence-corrected chi connectivity index (χ2v) is 10.4. The first-order valence-electron chi connectivity index (χ1n) is 13.5. The lowest BCUT2D eigenvalue weighted by Crippen LogP contribution is -2.35. The van der Waals surface area contributed by atoms with Crippen molar-refractivity contribution in [2.24, 2.45) is 0 Å². The summed E-state index contributed by atoms with van der Waals surface area (Å²) in [6.07, 6.45) is 4.14. The minimum Gasteiger partial charge on any atom is -0.481 e. The van der Waals surface area contributed by atoms with Gasteiger partial charge in [0.25, 0.3) is 0 Å². The molecular weight excluding hydrogens is 484 g/mol. The molecule has 5 heteroatoms. The molecule has 0 saturated heterocycles. The molecule has 5 aromatic rings. The van der Waals surface area contributed by atoms with Crippen LogP contribution in [0.3, 0.4) is 0 Å². The van der Waals surface area contributed by atoms with E-state index in [-0.39, 0.29) is 0 Å². The van der Waals surface area contributed by atoms with E-state index in [4.69, 9.17) is 14.1 Å². The number of hydrogen-bond acceptors (Lipinski definition) is 5.